The zero-order valence-electron chi connectivity index (χ0n) is 21.2. The van der Waals surface area contributed by atoms with E-state index >= 15 is 0 Å². The van der Waals surface area contributed by atoms with E-state index in [4.69, 9.17) is 69.6 Å². The van der Waals surface area contributed by atoms with Gasteiger partial charge in [-0.3, -0.25) is 9.80 Å². The molecular weight excluding hydrogens is 603 g/mol. The molecule has 3 aromatic carbocycles. The van der Waals surface area contributed by atoms with E-state index in [1.165, 1.54) is 11.1 Å². The lowest BCUT2D eigenvalue weighted by Crippen LogP contribution is -2.47. The minimum atomic E-state index is 0.0331. The highest BCUT2D eigenvalue weighted by atomic mass is 35.5. The van der Waals surface area contributed by atoms with E-state index in [1.54, 1.807) is 0 Å². The van der Waals surface area contributed by atoms with E-state index in [2.05, 4.69) is 39.8 Å². The lowest BCUT2D eigenvalue weighted by atomic mass is 9.99. The maximum absolute atomic E-state index is 6.61. The number of rotatable bonds is 10. The van der Waals surface area contributed by atoms with Gasteiger partial charge in [-0.25, -0.2) is 0 Å². The fourth-order valence-electron chi connectivity index (χ4n) is 5.13. The molecule has 4 rings (SSSR count). The van der Waals surface area contributed by atoms with Crippen molar-refractivity contribution >= 4 is 75.3 Å². The second-order valence-corrected chi connectivity index (χ2v) is 12.0. The third-order valence-electron chi connectivity index (χ3n) is 6.97. The average molecular weight is 634 g/mol. The predicted molar refractivity (Wildman–Crippen MR) is 166 cm³/mol. The molecule has 1 aliphatic heterocycles. The molecule has 0 saturated carbocycles. The summed E-state index contributed by atoms with van der Waals surface area (Å²) >= 11 is 37.7. The third-order valence-corrected chi connectivity index (χ3v) is 8.48. The number of hydrogen-bond donors (Lipinski definition) is 0. The smallest absolute Gasteiger partial charge is 0.0894 e. The molecule has 0 N–H and O–H groups in total. The van der Waals surface area contributed by atoms with Crippen LogP contribution in [0.4, 0.5) is 5.69 Å². The summed E-state index contributed by atoms with van der Waals surface area (Å²) in [5.74, 6) is 1.09. The Kier molecular flexibility index (Phi) is 11.2. The SMILES string of the molecule is Cc1cc(N(CCCl)CCCl)ccc1C1N(Cc2ccc(Cl)cc2Cl)CCCN1Cc1ccc(Cl)cc1Cl. The van der Waals surface area contributed by atoms with Crippen LogP contribution >= 0.6 is 69.6 Å². The van der Waals surface area contributed by atoms with Gasteiger partial charge in [-0.05, 0) is 72.0 Å². The van der Waals surface area contributed by atoms with Crippen molar-refractivity contribution in [1.82, 2.24) is 9.80 Å². The van der Waals surface area contributed by atoms with Crippen LogP contribution in [0, 0.1) is 6.92 Å². The standard InChI is InChI=1S/C29H31Cl6N3/c1-20-15-25(36(13-9-30)14-10-31)7-8-26(20)29-37(18-21-3-5-23(32)16-27(21)34)11-2-12-38(29)19-22-4-6-24(33)17-28(22)35/h3-8,15-17,29H,2,9-14,18-19H2,1H3. The summed E-state index contributed by atoms with van der Waals surface area (Å²) in [7, 11) is 0. The molecule has 3 aromatic rings. The monoisotopic (exact) mass is 631 g/mol. The maximum Gasteiger partial charge on any atom is 0.0894 e. The van der Waals surface area contributed by atoms with Crippen molar-refractivity contribution in [2.45, 2.75) is 32.6 Å². The van der Waals surface area contributed by atoms with Crippen molar-refractivity contribution in [3.63, 3.8) is 0 Å². The van der Waals surface area contributed by atoms with Gasteiger partial charge >= 0.3 is 0 Å². The Labute approximate surface area is 256 Å². The van der Waals surface area contributed by atoms with E-state index < -0.39 is 0 Å². The molecule has 3 nitrogen and oxygen atoms in total. The largest absolute Gasteiger partial charge is 0.369 e. The second kappa shape index (κ2) is 14.1. The minimum Gasteiger partial charge on any atom is -0.369 e. The third kappa shape index (κ3) is 7.44. The summed E-state index contributed by atoms with van der Waals surface area (Å²) < 4.78 is 0. The molecule has 204 valence electrons. The number of aryl methyl sites for hydroxylation is 1. The Balaban J connectivity index is 1.71. The van der Waals surface area contributed by atoms with Gasteiger partial charge in [0.25, 0.3) is 0 Å². The van der Waals surface area contributed by atoms with Crippen LogP contribution in [0.2, 0.25) is 20.1 Å². The van der Waals surface area contributed by atoms with Crippen molar-refractivity contribution in [1.29, 1.82) is 0 Å². The number of benzene rings is 3. The molecule has 0 spiro atoms. The second-order valence-electron chi connectivity index (χ2n) is 9.55. The molecule has 0 atom stereocenters. The van der Waals surface area contributed by atoms with Crippen LogP contribution in [-0.2, 0) is 13.1 Å². The van der Waals surface area contributed by atoms with Crippen LogP contribution in [0.25, 0.3) is 0 Å². The van der Waals surface area contributed by atoms with Crippen molar-refractivity contribution in [2.24, 2.45) is 0 Å². The molecule has 9 heteroatoms. The fourth-order valence-corrected chi connectivity index (χ4v) is 6.48. The molecule has 1 saturated heterocycles. The van der Waals surface area contributed by atoms with Crippen LogP contribution in [0.15, 0.2) is 54.6 Å². The Bertz CT molecular complexity index is 1170. The summed E-state index contributed by atoms with van der Waals surface area (Å²) in [4.78, 5) is 7.20. The topological polar surface area (TPSA) is 9.72 Å². The highest BCUT2D eigenvalue weighted by Gasteiger charge is 2.32. The maximum atomic E-state index is 6.61. The van der Waals surface area contributed by atoms with Gasteiger partial charge in [0.2, 0.25) is 0 Å². The summed E-state index contributed by atoms with van der Waals surface area (Å²) in [5.41, 5.74) is 5.69. The molecule has 0 unspecified atom stereocenters. The minimum absolute atomic E-state index is 0.0331. The fraction of sp³-hybridized carbons (Fsp3) is 0.379. The van der Waals surface area contributed by atoms with Gasteiger partial charge in [-0.15, -0.1) is 23.2 Å². The quantitative estimate of drug-likeness (QED) is 0.206. The van der Waals surface area contributed by atoms with E-state index in [0.29, 0.717) is 44.9 Å². The molecule has 1 fully saturated rings. The van der Waals surface area contributed by atoms with Crippen LogP contribution in [0.3, 0.4) is 0 Å². The number of hydrogen-bond acceptors (Lipinski definition) is 3. The Morgan fingerprint density at radius 1 is 0.737 bits per heavy atom. The lowest BCUT2D eigenvalue weighted by molar-refractivity contribution is -0.00941. The highest BCUT2D eigenvalue weighted by Crippen LogP contribution is 2.37. The Morgan fingerprint density at radius 3 is 1.71 bits per heavy atom. The van der Waals surface area contributed by atoms with Gasteiger partial charge in [0.15, 0.2) is 0 Å². The first-order valence-corrected chi connectivity index (χ1v) is 15.2. The van der Waals surface area contributed by atoms with Crippen molar-refractivity contribution < 1.29 is 0 Å². The van der Waals surface area contributed by atoms with Crippen LogP contribution in [0.5, 0.6) is 0 Å². The van der Waals surface area contributed by atoms with E-state index in [-0.39, 0.29) is 6.17 Å². The van der Waals surface area contributed by atoms with Crippen LogP contribution in [-0.4, -0.2) is 47.7 Å². The van der Waals surface area contributed by atoms with Crippen molar-refractivity contribution in [3.05, 3.63) is 96.9 Å². The number of halogens is 6. The molecule has 0 aliphatic carbocycles. The Hall–Kier alpha value is -0.880. The molecular formula is C29H31Cl6N3. The van der Waals surface area contributed by atoms with Gasteiger partial charge in [0.05, 0.1) is 6.17 Å². The first-order chi connectivity index (χ1) is 18.3. The zero-order chi connectivity index (χ0) is 27.2. The first kappa shape index (κ1) is 30.1. The highest BCUT2D eigenvalue weighted by molar-refractivity contribution is 6.35. The summed E-state index contributed by atoms with van der Waals surface area (Å²) in [5, 5.41) is 2.63. The normalized spacial score (nSPS) is 15.2. The van der Waals surface area contributed by atoms with Gasteiger partial charge in [-0.1, -0.05) is 64.6 Å². The van der Waals surface area contributed by atoms with Gasteiger partial charge in [0, 0.05) is 76.8 Å². The predicted octanol–water partition coefficient (Wildman–Crippen LogP) is 9.30. The summed E-state index contributed by atoms with van der Waals surface area (Å²) in [6, 6.07) is 18.1. The first-order valence-electron chi connectivity index (χ1n) is 12.6. The van der Waals surface area contributed by atoms with Gasteiger partial charge in [0.1, 0.15) is 0 Å². The summed E-state index contributed by atoms with van der Waals surface area (Å²) in [6.45, 7) is 6.97. The lowest BCUT2D eigenvalue weighted by Gasteiger charge is -2.45. The molecule has 1 aliphatic rings. The van der Waals surface area contributed by atoms with E-state index in [0.717, 1.165) is 49.4 Å². The number of alkyl halides is 2. The molecule has 1 heterocycles. The van der Waals surface area contributed by atoms with Crippen molar-refractivity contribution in [3.8, 4) is 0 Å². The average Bonchev–Trinajstić information content (AvgIpc) is 2.88. The van der Waals surface area contributed by atoms with Crippen LogP contribution < -0.4 is 4.90 Å². The van der Waals surface area contributed by atoms with Gasteiger partial charge < -0.3 is 4.90 Å². The van der Waals surface area contributed by atoms with Crippen molar-refractivity contribution in [2.75, 3.05) is 42.8 Å². The van der Waals surface area contributed by atoms with E-state index in [9.17, 15) is 0 Å². The Morgan fingerprint density at radius 2 is 1.26 bits per heavy atom. The molecule has 0 radical (unpaired) electrons. The summed E-state index contributed by atoms with van der Waals surface area (Å²) in [6.07, 6.45) is 1.06. The number of nitrogens with zero attached hydrogens (tertiary/aromatic N) is 3. The van der Waals surface area contributed by atoms with Crippen LogP contribution in [0.1, 0.15) is 34.8 Å². The zero-order valence-corrected chi connectivity index (χ0v) is 25.8. The molecule has 0 bridgehead atoms. The van der Waals surface area contributed by atoms with Gasteiger partial charge in [-0.2, -0.15) is 0 Å². The molecule has 38 heavy (non-hydrogen) atoms. The molecule has 0 aromatic heterocycles. The molecule has 0 amide bonds. The van der Waals surface area contributed by atoms with E-state index in [1.807, 2.05) is 36.4 Å². The number of anilines is 1.